The van der Waals surface area contributed by atoms with E-state index in [9.17, 15) is 9.59 Å². The molecule has 8 aromatic rings. The first-order chi connectivity index (χ1) is 24.0. The van der Waals surface area contributed by atoms with Gasteiger partial charge in [0, 0.05) is 52.1 Å². The fourth-order valence-corrected chi connectivity index (χ4v) is 7.53. The van der Waals surface area contributed by atoms with E-state index in [0.717, 1.165) is 92.3 Å². The van der Waals surface area contributed by atoms with Gasteiger partial charge in [-0.15, -0.1) is 0 Å². The van der Waals surface area contributed by atoms with Crippen molar-refractivity contribution in [2.24, 2.45) is 0 Å². The summed E-state index contributed by atoms with van der Waals surface area (Å²) in [7, 11) is 0. The largest absolute Gasteiger partial charge is 0.422 e. The van der Waals surface area contributed by atoms with Crippen LogP contribution in [0.4, 0.5) is 5.69 Å². The van der Waals surface area contributed by atoms with Gasteiger partial charge in [-0.25, -0.2) is 9.59 Å². The summed E-state index contributed by atoms with van der Waals surface area (Å²) in [6.07, 6.45) is 3.21. The molecule has 0 radical (unpaired) electrons. The van der Waals surface area contributed by atoms with Crippen molar-refractivity contribution in [2.75, 3.05) is 18.0 Å². The van der Waals surface area contributed by atoms with Gasteiger partial charge in [-0.1, -0.05) is 92.2 Å². The van der Waals surface area contributed by atoms with Crippen molar-refractivity contribution < 1.29 is 8.83 Å². The number of hydrogen-bond donors (Lipinski definition) is 0. The summed E-state index contributed by atoms with van der Waals surface area (Å²) in [5.74, 6) is 0. The van der Waals surface area contributed by atoms with Crippen molar-refractivity contribution in [3.05, 3.63) is 136 Å². The summed E-state index contributed by atoms with van der Waals surface area (Å²) < 4.78 is 12.2. The summed E-state index contributed by atoms with van der Waals surface area (Å²) >= 11 is 0. The summed E-state index contributed by atoms with van der Waals surface area (Å²) in [5, 5.41) is 7.24. The van der Waals surface area contributed by atoms with Crippen LogP contribution in [0, 0.1) is 0 Å². The van der Waals surface area contributed by atoms with Gasteiger partial charge in [0.25, 0.3) is 0 Å². The Hall–Kier alpha value is -5.68. The molecule has 2 aromatic heterocycles. The van der Waals surface area contributed by atoms with E-state index >= 15 is 0 Å². The molecule has 49 heavy (non-hydrogen) atoms. The van der Waals surface area contributed by atoms with Gasteiger partial charge < -0.3 is 13.7 Å². The average molecular weight is 644 g/mol. The van der Waals surface area contributed by atoms with Crippen LogP contribution in [0.2, 0.25) is 0 Å². The molecule has 0 N–H and O–H groups in total. The van der Waals surface area contributed by atoms with Gasteiger partial charge in [0.2, 0.25) is 0 Å². The van der Waals surface area contributed by atoms with Crippen LogP contribution in [0.3, 0.4) is 0 Å². The Bertz CT molecular complexity index is 2620. The van der Waals surface area contributed by atoms with E-state index < -0.39 is 11.3 Å². The van der Waals surface area contributed by atoms with E-state index in [1.54, 1.807) is 0 Å². The first kappa shape index (κ1) is 30.6. The second kappa shape index (κ2) is 12.4. The Kier molecular flexibility index (Phi) is 7.76. The van der Waals surface area contributed by atoms with Crippen molar-refractivity contribution in [3.8, 4) is 22.3 Å². The first-order valence-electron chi connectivity index (χ1n) is 17.3. The molecule has 0 aliphatic heterocycles. The van der Waals surface area contributed by atoms with E-state index in [-0.39, 0.29) is 0 Å². The van der Waals surface area contributed by atoms with Crippen LogP contribution in [0.25, 0.3) is 76.5 Å². The average Bonchev–Trinajstić information content (AvgIpc) is 3.13. The molecule has 0 aliphatic carbocycles. The van der Waals surface area contributed by atoms with Crippen LogP contribution < -0.4 is 16.2 Å². The number of fused-ring (bicyclic) bond motifs is 6. The Morgan fingerprint density at radius 2 is 1.12 bits per heavy atom. The fourth-order valence-electron chi connectivity index (χ4n) is 7.53. The molecule has 5 nitrogen and oxygen atoms in total. The standard InChI is InChI=1S/C44H37NO4/c1-4-7-13-27-14-12-19-36-31(27)23-21-29-25-38(44(47)49-42(29)36)41-34-17-10-8-15-32(34)40(33-16-9-11-18-35(33)41)37-24-28-20-22-30(45(5-2)6-3)26-39(28)48-43(37)46/h8-12,14-26H,4-7,13H2,1-3H3. The predicted octanol–water partition coefficient (Wildman–Crippen LogP) is 10.9. The molecular weight excluding hydrogens is 606 g/mol. The molecule has 0 amide bonds. The number of unbranched alkanes of at least 4 members (excludes halogenated alkanes) is 1. The molecule has 5 heteroatoms. The van der Waals surface area contributed by atoms with Gasteiger partial charge in [0.1, 0.15) is 11.2 Å². The van der Waals surface area contributed by atoms with E-state index in [0.29, 0.717) is 22.3 Å². The monoisotopic (exact) mass is 643 g/mol. The summed E-state index contributed by atoms with van der Waals surface area (Å²) in [6, 6.07) is 36.3. The third-order valence-electron chi connectivity index (χ3n) is 9.97. The zero-order valence-electron chi connectivity index (χ0n) is 28.0. The summed E-state index contributed by atoms with van der Waals surface area (Å²) in [6.45, 7) is 8.14. The number of anilines is 1. The lowest BCUT2D eigenvalue weighted by molar-refractivity contribution is 0.563. The van der Waals surface area contributed by atoms with E-state index in [1.807, 2.05) is 84.9 Å². The maximum absolute atomic E-state index is 14.1. The van der Waals surface area contributed by atoms with Crippen LogP contribution in [-0.2, 0) is 6.42 Å². The number of aryl methyl sites for hydroxylation is 1. The molecule has 0 atom stereocenters. The third kappa shape index (κ3) is 5.08. The molecule has 0 fully saturated rings. The minimum atomic E-state index is -0.400. The molecule has 8 rings (SSSR count). The van der Waals surface area contributed by atoms with E-state index in [2.05, 4.69) is 49.9 Å². The van der Waals surface area contributed by atoms with Crippen LogP contribution in [0.15, 0.2) is 128 Å². The highest BCUT2D eigenvalue weighted by molar-refractivity contribution is 6.22. The number of hydrogen-bond acceptors (Lipinski definition) is 5. The lowest BCUT2D eigenvalue weighted by Crippen LogP contribution is -2.21. The van der Waals surface area contributed by atoms with Gasteiger partial charge >= 0.3 is 11.3 Å². The third-order valence-corrected chi connectivity index (χ3v) is 9.97. The minimum absolute atomic E-state index is 0.392. The maximum atomic E-state index is 14.1. The van der Waals surface area contributed by atoms with Crippen molar-refractivity contribution in [1.29, 1.82) is 0 Å². The molecule has 0 saturated heterocycles. The minimum Gasteiger partial charge on any atom is -0.422 e. The molecular formula is C44H37NO4. The van der Waals surface area contributed by atoms with E-state index in [1.165, 1.54) is 5.56 Å². The lowest BCUT2D eigenvalue weighted by Gasteiger charge is -2.21. The second-order valence-corrected chi connectivity index (χ2v) is 12.7. The molecule has 6 aromatic carbocycles. The highest BCUT2D eigenvalue weighted by Crippen LogP contribution is 2.43. The zero-order chi connectivity index (χ0) is 33.6. The quantitative estimate of drug-likeness (QED) is 0.0936. The highest BCUT2D eigenvalue weighted by atomic mass is 16.4. The van der Waals surface area contributed by atoms with Gasteiger partial charge in [0.05, 0.1) is 11.1 Å². The maximum Gasteiger partial charge on any atom is 0.344 e. The zero-order valence-corrected chi connectivity index (χ0v) is 28.0. The van der Waals surface area contributed by atoms with Gasteiger partial charge in [-0.2, -0.15) is 0 Å². The molecule has 242 valence electrons. The fraction of sp³-hybridized carbons (Fsp3) is 0.182. The SMILES string of the molecule is CCCCc1cccc2c1ccc1cc(-c3c4ccccc4c(-c4cc5ccc(N(CC)CC)cc5oc4=O)c4ccccc34)c(=O)oc12. The van der Waals surface area contributed by atoms with Crippen LogP contribution in [0.5, 0.6) is 0 Å². The van der Waals surface area contributed by atoms with Gasteiger partial charge in [-0.3, -0.25) is 0 Å². The number of rotatable bonds is 8. The molecule has 0 bridgehead atoms. The smallest absolute Gasteiger partial charge is 0.344 e. The van der Waals surface area contributed by atoms with E-state index in [4.69, 9.17) is 8.83 Å². The van der Waals surface area contributed by atoms with Crippen molar-refractivity contribution in [2.45, 2.75) is 40.0 Å². The molecule has 0 spiro atoms. The Balaban J connectivity index is 1.37. The summed E-state index contributed by atoms with van der Waals surface area (Å²) in [4.78, 5) is 30.1. The van der Waals surface area contributed by atoms with Crippen molar-refractivity contribution >= 4 is 59.9 Å². The second-order valence-electron chi connectivity index (χ2n) is 12.7. The topological polar surface area (TPSA) is 63.7 Å². The normalized spacial score (nSPS) is 11.7. The molecule has 0 aliphatic rings. The Labute approximate surface area is 284 Å². The predicted molar refractivity (Wildman–Crippen MR) is 204 cm³/mol. The lowest BCUT2D eigenvalue weighted by atomic mass is 9.86. The van der Waals surface area contributed by atoms with Crippen molar-refractivity contribution in [1.82, 2.24) is 0 Å². The van der Waals surface area contributed by atoms with Crippen LogP contribution >= 0.6 is 0 Å². The first-order valence-corrected chi connectivity index (χ1v) is 17.3. The Morgan fingerprint density at radius 3 is 1.73 bits per heavy atom. The number of benzene rings is 6. The molecule has 0 saturated carbocycles. The van der Waals surface area contributed by atoms with Crippen LogP contribution in [-0.4, -0.2) is 13.1 Å². The Morgan fingerprint density at radius 1 is 0.551 bits per heavy atom. The summed E-state index contributed by atoms with van der Waals surface area (Å²) in [5.41, 5.74) is 5.20. The van der Waals surface area contributed by atoms with Gasteiger partial charge in [-0.05, 0) is 83.4 Å². The van der Waals surface area contributed by atoms with Gasteiger partial charge in [0.15, 0.2) is 0 Å². The van der Waals surface area contributed by atoms with Crippen molar-refractivity contribution in [3.63, 3.8) is 0 Å². The number of nitrogens with zero attached hydrogens (tertiary/aromatic N) is 1. The van der Waals surface area contributed by atoms with Crippen LogP contribution in [0.1, 0.15) is 39.2 Å². The highest BCUT2D eigenvalue weighted by Gasteiger charge is 2.22. The molecule has 0 unspecified atom stereocenters. The molecule has 2 heterocycles.